The molecule has 3 heterocycles. The van der Waals surface area contributed by atoms with E-state index >= 15 is 0 Å². The highest BCUT2D eigenvalue weighted by atomic mass is 19.1. The summed E-state index contributed by atoms with van der Waals surface area (Å²) >= 11 is 0. The van der Waals surface area contributed by atoms with Gasteiger partial charge in [-0.2, -0.15) is 0 Å². The van der Waals surface area contributed by atoms with E-state index in [1.807, 2.05) is 13.0 Å². The summed E-state index contributed by atoms with van der Waals surface area (Å²) in [6.45, 7) is 3.78. The van der Waals surface area contributed by atoms with Crippen molar-refractivity contribution < 1.29 is 9.50 Å². The van der Waals surface area contributed by atoms with Crippen LogP contribution in [0.1, 0.15) is 44.0 Å². The van der Waals surface area contributed by atoms with Crippen molar-refractivity contribution in [2.45, 2.75) is 51.3 Å². The van der Waals surface area contributed by atoms with Crippen LogP contribution in [0, 0.1) is 11.7 Å². The molecule has 2 aromatic rings. The molecule has 0 amide bonds. The largest absolute Gasteiger partial charge is 0.391 e. The van der Waals surface area contributed by atoms with Crippen LogP contribution in [0.4, 0.5) is 15.8 Å². The second-order valence-corrected chi connectivity index (χ2v) is 8.39. The van der Waals surface area contributed by atoms with E-state index < -0.39 is 6.10 Å². The summed E-state index contributed by atoms with van der Waals surface area (Å²) in [5.74, 6) is -0.177. The van der Waals surface area contributed by atoms with Crippen molar-refractivity contribution in [1.29, 1.82) is 0 Å². The summed E-state index contributed by atoms with van der Waals surface area (Å²) in [4.78, 5) is 11.0. The average molecular weight is 412 g/mol. The van der Waals surface area contributed by atoms with Gasteiger partial charge in [-0.05, 0) is 49.5 Å². The SMILES string of the molecule is C[C@H]1CN(c2ccncc2NCc2ccc(F)c(C3=CCCCC3)n2)C[C@@H](N)[C@@H]1O. The molecule has 0 radical (unpaired) electrons. The van der Waals surface area contributed by atoms with Crippen molar-refractivity contribution in [3.8, 4) is 0 Å². The lowest BCUT2D eigenvalue weighted by molar-refractivity contribution is 0.0785. The number of hydrogen-bond donors (Lipinski definition) is 3. The zero-order chi connectivity index (χ0) is 21.1. The number of piperidine rings is 1. The number of nitrogens with zero attached hydrogens (tertiary/aromatic N) is 3. The monoisotopic (exact) mass is 411 g/mol. The Labute approximate surface area is 177 Å². The van der Waals surface area contributed by atoms with Crippen LogP contribution in [0.2, 0.25) is 0 Å². The van der Waals surface area contributed by atoms with Crippen molar-refractivity contribution >= 4 is 16.9 Å². The van der Waals surface area contributed by atoms with E-state index in [1.54, 1.807) is 18.5 Å². The van der Waals surface area contributed by atoms with Crippen molar-refractivity contribution in [3.63, 3.8) is 0 Å². The number of anilines is 2. The molecule has 4 N–H and O–H groups in total. The standard InChI is InChI=1S/C23H30FN5O/c1-15-13-29(14-19(25)23(15)30)21-9-10-26-12-20(21)27-11-17-7-8-18(24)22(28-17)16-5-3-2-4-6-16/h5,7-10,12,15,19,23,27,30H,2-4,6,11,13-14,25H2,1H3/t15-,19+,23+/m0/s1. The van der Waals surface area contributed by atoms with Gasteiger partial charge in [-0.15, -0.1) is 0 Å². The summed E-state index contributed by atoms with van der Waals surface area (Å²) in [6.07, 6.45) is 9.27. The van der Waals surface area contributed by atoms with E-state index in [2.05, 4.69) is 26.3 Å². The van der Waals surface area contributed by atoms with E-state index in [4.69, 9.17) is 5.73 Å². The molecule has 160 valence electrons. The average Bonchev–Trinajstić information content (AvgIpc) is 2.77. The van der Waals surface area contributed by atoms with Gasteiger partial charge in [0.2, 0.25) is 0 Å². The molecule has 1 aliphatic heterocycles. The molecule has 1 saturated heterocycles. The number of allylic oxidation sites excluding steroid dienone is 2. The Morgan fingerprint density at radius 1 is 1.27 bits per heavy atom. The van der Waals surface area contributed by atoms with Gasteiger partial charge in [-0.1, -0.05) is 13.0 Å². The summed E-state index contributed by atoms with van der Waals surface area (Å²) in [7, 11) is 0. The number of nitrogens with one attached hydrogen (secondary N) is 1. The highest BCUT2D eigenvalue weighted by Crippen LogP contribution is 2.30. The van der Waals surface area contributed by atoms with Crippen LogP contribution in [-0.4, -0.2) is 40.3 Å². The fourth-order valence-corrected chi connectivity index (χ4v) is 4.36. The predicted molar refractivity (Wildman–Crippen MR) is 118 cm³/mol. The number of pyridine rings is 2. The van der Waals surface area contributed by atoms with E-state index in [0.717, 1.165) is 54.9 Å². The van der Waals surface area contributed by atoms with Gasteiger partial charge in [-0.25, -0.2) is 9.37 Å². The maximum absolute atomic E-state index is 14.4. The molecule has 0 aromatic carbocycles. The highest BCUT2D eigenvalue weighted by Gasteiger charge is 2.31. The third-order valence-electron chi connectivity index (χ3n) is 6.06. The topological polar surface area (TPSA) is 87.3 Å². The van der Waals surface area contributed by atoms with Crippen LogP contribution in [0.15, 0.2) is 36.7 Å². The highest BCUT2D eigenvalue weighted by molar-refractivity contribution is 5.69. The third kappa shape index (κ3) is 4.47. The fraction of sp³-hybridized carbons (Fsp3) is 0.478. The molecule has 6 nitrogen and oxygen atoms in total. The second kappa shape index (κ2) is 9.10. The zero-order valence-corrected chi connectivity index (χ0v) is 17.4. The quantitative estimate of drug-likeness (QED) is 0.700. The van der Waals surface area contributed by atoms with Gasteiger partial charge in [0.15, 0.2) is 0 Å². The van der Waals surface area contributed by atoms with Gasteiger partial charge in [-0.3, -0.25) is 4.98 Å². The normalized spacial score (nSPS) is 24.5. The Balaban J connectivity index is 1.50. The van der Waals surface area contributed by atoms with E-state index in [-0.39, 0.29) is 17.8 Å². The number of hydrogen-bond acceptors (Lipinski definition) is 6. The van der Waals surface area contributed by atoms with Crippen molar-refractivity contribution in [1.82, 2.24) is 9.97 Å². The van der Waals surface area contributed by atoms with Crippen LogP contribution >= 0.6 is 0 Å². The van der Waals surface area contributed by atoms with Crippen LogP contribution in [0.25, 0.3) is 5.57 Å². The lowest BCUT2D eigenvalue weighted by atomic mass is 9.92. The number of aliphatic hydroxyl groups excluding tert-OH is 1. The molecule has 0 unspecified atom stereocenters. The third-order valence-corrected chi connectivity index (χ3v) is 6.06. The molecule has 1 aliphatic carbocycles. The van der Waals surface area contributed by atoms with Crippen LogP contribution in [0.5, 0.6) is 0 Å². The number of rotatable bonds is 5. The van der Waals surface area contributed by atoms with E-state index in [9.17, 15) is 9.50 Å². The molecular formula is C23H30FN5O. The minimum Gasteiger partial charge on any atom is -0.391 e. The van der Waals surface area contributed by atoms with E-state index in [0.29, 0.717) is 18.8 Å². The molecule has 4 rings (SSSR count). The minimum atomic E-state index is -0.490. The van der Waals surface area contributed by atoms with Crippen LogP contribution in [-0.2, 0) is 6.54 Å². The summed E-state index contributed by atoms with van der Waals surface area (Å²) in [6, 6.07) is 4.89. The van der Waals surface area contributed by atoms with E-state index in [1.165, 1.54) is 6.07 Å². The summed E-state index contributed by atoms with van der Waals surface area (Å²) < 4.78 is 14.4. The lowest BCUT2D eigenvalue weighted by Gasteiger charge is -2.40. The van der Waals surface area contributed by atoms with Gasteiger partial charge in [0, 0.05) is 31.2 Å². The first-order valence-electron chi connectivity index (χ1n) is 10.7. The van der Waals surface area contributed by atoms with Crippen molar-refractivity contribution in [2.24, 2.45) is 11.7 Å². The Bertz CT molecular complexity index is 906. The molecule has 7 heteroatoms. The molecule has 2 aromatic heterocycles. The first-order valence-corrected chi connectivity index (χ1v) is 10.7. The molecule has 2 aliphatic rings. The maximum atomic E-state index is 14.4. The molecule has 3 atom stereocenters. The Morgan fingerprint density at radius 3 is 2.90 bits per heavy atom. The Morgan fingerprint density at radius 2 is 2.13 bits per heavy atom. The zero-order valence-electron chi connectivity index (χ0n) is 17.4. The van der Waals surface area contributed by atoms with Gasteiger partial charge >= 0.3 is 0 Å². The number of aromatic nitrogens is 2. The number of nitrogens with two attached hydrogens (primary N) is 1. The van der Waals surface area contributed by atoms with Crippen molar-refractivity contribution in [2.75, 3.05) is 23.3 Å². The van der Waals surface area contributed by atoms with Crippen molar-refractivity contribution in [3.05, 3.63) is 53.9 Å². The lowest BCUT2D eigenvalue weighted by Crippen LogP contribution is -2.55. The summed E-state index contributed by atoms with van der Waals surface area (Å²) in [5.41, 5.74) is 10.3. The Kier molecular flexibility index (Phi) is 6.29. The fourth-order valence-electron chi connectivity index (χ4n) is 4.36. The van der Waals surface area contributed by atoms with Crippen LogP contribution in [0.3, 0.4) is 0 Å². The minimum absolute atomic E-state index is 0.0832. The predicted octanol–water partition coefficient (Wildman–Crippen LogP) is 3.33. The molecule has 0 spiro atoms. The van der Waals surface area contributed by atoms with Crippen LogP contribution < -0.4 is 16.0 Å². The smallest absolute Gasteiger partial charge is 0.149 e. The number of halogens is 1. The number of aliphatic hydroxyl groups is 1. The van der Waals surface area contributed by atoms with Gasteiger partial charge < -0.3 is 21.1 Å². The molecular weight excluding hydrogens is 381 g/mol. The molecule has 1 fully saturated rings. The van der Waals surface area contributed by atoms with Gasteiger partial charge in [0.05, 0.1) is 35.9 Å². The molecule has 0 saturated carbocycles. The maximum Gasteiger partial charge on any atom is 0.149 e. The molecule has 30 heavy (non-hydrogen) atoms. The Hall–Kier alpha value is -2.51. The summed E-state index contributed by atoms with van der Waals surface area (Å²) in [5, 5.41) is 13.6. The first kappa shape index (κ1) is 20.8. The van der Waals surface area contributed by atoms with Gasteiger partial charge in [0.1, 0.15) is 11.5 Å². The molecule has 0 bridgehead atoms. The van der Waals surface area contributed by atoms with Gasteiger partial charge in [0.25, 0.3) is 0 Å². The second-order valence-electron chi connectivity index (χ2n) is 8.39. The first-order chi connectivity index (χ1) is 14.5.